The number of para-hydroxylation sites is 1. The van der Waals surface area contributed by atoms with E-state index in [1.165, 1.54) is 25.6 Å². The lowest BCUT2D eigenvalue weighted by Crippen LogP contribution is -2.15. The Morgan fingerprint density at radius 2 is 1.69 bits per heavy atom. The molecule has 1 N–H and O–H groups in total. The number of thiazole rings is 1. The molecule has 0 aliphatic heterocycles. The van der Waals surface area contributed by atoms with Gasteiger partial charge in [-0.1, -0.05) is 35.6 Å². The second-order valence-electron chi connectivity index (χ2n) is 6.78. The SMILES string of the molecule is COc1ccc(CC(=O)Nc2nc3ccc(Oc4ccccc4)cc3s2)c(OC)c1OC. The number of benzene rings is 3. The number of nitrogens with one attached hydrogen (secondary N) is 1. The Balaban J connectivity index is 1.49. The number of anilines is 1. The number of hydrogen-bond donors (Lipinski definition) is 1. The Morgan fingerprint density at radius 3 is 2.41 bits per heavy atom. The highest BCUT2D eigenvalue weighted by Crippen LogP contribution is 2.40. The molecular weight excluding hydrogens is 428 g/mol. The zero-order valence-electron chi connectivity index (χ0n) is 17.9. The third-order valence-electron chi connectivity index (χ3n) is 4.72. The van der Waals surface area contributed by atoms with Crippen molar-refractivity contribution in [1.82, 2.24) is 4.98 Å². The number of ether oxygens (including phenoxy) is 4. The van der Waals surface area contributed by atoms with Crippen LogP contribution >= 0.6 is 11.3 Å². The topological polar surface area (TPSA) is 78.9 Å². The Kier molecular flexibility index (Phi) is 6.42. The number of methoxy groups -OCH3 is 3. The van der Waals surface area contributed by atoms with Crippen molar-refractivity contribution in [1.29, 1.82) is 0 Å². The maximum absolute atomic E-state index is 12.7. The lowest BCUT2D eigenvalue weighted by molar-refractivity contribution is -0.115. The smallest absolute Gasteiger partial charge is 0.230 e. The normalized spacial score (nSPS) is 10.6. The largest absolute Gasteiger partial charge is 0.493 e. The molecule has 4 aromatic rings. The van der Waals surface area contributed by atoms with Crippen LogP contribution in [0.4, 0.5) is 5.13 Å². The van der Waals surface area contributed by atoms with Crippen molar-refractivity contribution in [2.24, 2.45) is 0 Å². The number of aromatic nitrogens is 1. The molecule has 0 atom stereocenters. The van der Waals surface area contributed by atoms with Crippen molar-refractivity contribution in [3.8, 4) is 28.7 Å². The standard InChI is InChI=1S/C24H22N2O5S/c1-28-19-12-9-15(22(29-2)23(19)30-3)13-21(27)26-24-25-18-11-10-17(14-20(18)32-24)31-16-7-5-4-6-8-16/h4-12,14H,13H2,1-3H3,(H,25,26,27). The number of nitrogens with zero attached hydrogens (tertiary/aromatic N) is 1. The summed E-state index contributed by atoms with van der Waals surface area (Å²) in [5.74, 6) is 2.71. The summed E-state index contributed by atoms with van der Waals surface area (Å²) in [6.45, 7) is 0. The van der Waals surface area contributed by atoms with Gasteiger partial charge in [0.05, 0.1) is 38.0 Å². The monoisotopic (exact) mass is 450 g/mol. The van der Waals surface area contributed by atoms with Gasteiger partial charge in [-0.05, 0) is 30.3 Å². The highest BCUT2D eigenvalue weighted by molar-refractivity contribution is 7.22. The van der Waals surface area contributed by atoms with Gasteiger partial charge in [-0.25, -0.2) is 4.98 Å². The third kappa shape index (κ3) is 4.60. The summed E-state index contributed by atoms with van der Waals surface area (Å²) in [6, 6.07) is 18.7. The van der Waals surface area contributed by atoms with E-state index in [9.17, 15) is 4.79 Å². The van der Waals surface area contributed by atoms with Gasteiger partial charge in [0.2, 0.25) is 11.7 Å². The van der Waals surface area contributed by atoms with Crippen LogP contribution in [-0.2, 0) is 11.2 Å². The first-order chi connectivity index (χ1) is 15.6. The van der Waals surface area contributed by atoms with Gasteiger partial charge in [0.15, 0.2) is 16.6 Å². The van der Waals surface area contributed by atoms with E-state index in [1.54, 1.807) is 19.2 Å². The predicted molar refractivity (Wildman–Crippen MR) is 125 cm³/mol. The summed E-state index contributed by atoms with van der Waals surface area (Å²) < 4.78 is 22.9. The molecule has 0 radical (unpaired) electrons. The van der Waals surface area contributed by atoms with Crippen LogP contribution in [0.5, 0.6) is 28.7 Å². The molecule has 1 heterocycles. The van der Waals surface area contributed by atoms with Crippen LogP contribution in [0.2, 0.25) is 0 Å². The fraction of sp³-hybridized carbons (Fsp3) is 0.167. The molecule has 0 bridgehead atoms. The molecule has 0 spiro atoms. The minimum Gasteiger partial charge on any atom is -0.493 e. The zero-order chi connectivity index (χ0) is 22.5. The van der Waals surface area contributed by atoms with E-state index in [0.29, 0.717) is 33.7 Å². The predicted octanol–water partition coefficient (Wildman–Crippen LogP) is 5.30. The zero-order valence-corrected chi connectivity index (χ0v) is 18.7. The maximum Gasteiger partial charge on any atom is 0.230 e. The molecule has 7 nitrogen and oxygen atoms in total. The number of carbonyl (C=O) groups is 1. The Bertz CT molecular complexity index is 1240. The molecule has 0 saturated heterocycles. The third-order valence-corrected chi connectivity index (χ3v) is 5.66. The van der Waals surface area contributed by atoms with Gasteiger partial charge in [-0.3, -0.25) is 4.79 Å². The van der Waals surface area contributed by atoms with Gasteiger partial charge in [-0.15, -0.1) is 0 Å². The highest BCUT2D eigenvalue weighted by atomic mass is 32.1. The molecule has 0 unspecified atom stereocenters. The van der Waals surface area contributed by atoms with E-state index < -0.39 is 0 Å². The van der Waals surface area contributed by atoms with Crippen LogP contribution < -0.4 is 24.3 Å². The molecule has 32 heavy (non-hydrogen) atoms. The minimum absolute atomic E-state index is 0.0990. The van der Waals surface area contributed by atoms with Gasteiger partial charge >= 0.3 is 0 Å². The lowest BCUT2D eigenvalue weighted by Gasteiger charge is -2.15. The van der Waals surface area contributed by atoms with Gasteiger partial charge in [-0.2, -0.15) is 0 Å². The summed E-state index contributed by atoms with van der Waals surface area (Å²) in [6.07, 6.45) is 0.0990. The summed E-state index contributed by atoms with van der Waals surface area (Å²) in [7, 11) is 4.61. The van der Waals surface area contributed by atoms with Crippen molar-refractivity contribution in [2.75, 3.05) is 26.6 Å². The van der Waals surface area contributed by atoms with Gasteiger partial charge in [0.25, 0.3) is 0 Å². The second kappa shape index (κ2) is 9.57. The average Bonchev–Trinajstić information content (AvgIpc) is 3.20. The number of carbonyl (C=O) groups excluding carboxylic acids is 1. The molecule has 1 amide bonds. The quantitative estimate of drug-likeness (QED) is 0.393. The van der Waals surface area contributed by atoms with Crippen molar-refractivity contribution in [2.45, 2.75) is 6.42 Å². The van der Waals surface area contributed by atoms with E-state index in [0.717, 1.165) is 16.0 Å². The van der Waals surface area contributed by atoms with Crippen molar-refractivity contribution >= 4 is 32.6 Å². The van der Waals surface area contributed by atoms with Crippen molar-refractivity contribution in [3.05, 3.63) is 66.2 Å². The van der Waals surface area contributed by atoms with Crippen molar-refractivity contribution < 1.29 is 23.7 Å². The first-order valence-electron chi connectivity index (χ1n) is 9.82. The van der Waals surface area contributed by atoms with E-state index in [2.05, 4.69) is 10.3 Å². The van der Waals surface area contributed by atoms with Crippen LogP contribution in [0.25, 0.3) is 10.2 Å². The van der Waals surface area contributed by atoms with E-state index in [1.807, 2.05) is 48.5 Å². The molecule has 164 valence electrons. The highest BCUT2D eigenvalue weighted by Gasteiger charge is 2.18. The maximum atomic E-state index is 12.7. The summed E-state index contributed by atoms with van der Waals surface area (Å²) >= 11 is 1.39. The molecule has 0 aliphatic carbocycles. The molecule has 0 fully saturated rings. The summed E-state index contributed by atoms with van der Waals surface area (Å²) in [5.41, 5.74) is 1.47. The summed E-state index contributed by atoms with van der Waals surface area (Å²) in [5, 5.41) is 3.38. The molecule has 3 aromatic carbocycles. The molecule has 1 aromatic heterocycles. The first kappa shape index (κ1) is 21.5. The molecular formula is C24H22N2O5S. The van der Waals surface area contributed by atoms with Crippen LogP contribution in [0, 0.1) is 0 Å². The fourth-order valence-electron chi connectivity index (χ4n) is 3.29. The van der Waals surface area contributed by atoms with Gasteiger partial charge in [0.1, 0.15) is 11.5 Å². The van der Waals surface area contributed by atoms with E-state index in [-0.39, 0.29) is 12.3 Å². The van der Waals surface area contributed by atoms with Crippen LogP contribution in [-0.4, -0.2) is 32.2 Å². The van der Waals surface area contributed by atoms with E-state index >= 15 is 0 Å². The Hall–Kier alpha value is -3.78. The number of amides is 1. The van der Waals surface area contributed by atoms with E-state index in [4.69, 9.17) is 18.9 Å². The molecule has 0 saturated carbocycles. The van der Waals surface area contributed by atoms with Crippen molar-refractivity contribution in [3.63, 3.8) is 0 Å². The lowest BCUT2D eigenvalue weighted by atomic mass is 10.1. The van der Waals surface area contributed by atoms with Crippen LogP contribution in [0.15, 0.2) is 60.7 Å². The van der Waals surface area contributed by atoms with Gasteiger partial charge < -0.3 is 24.3 Å². The van der Waals surface area contributed by atoms with Crippen LogP contribution in [0.3, 0.4) is 0 Å². The number of fused-ring (bicyclic) bond motifs is 1. The Labute approximate surface area is 189 Å². The molecule has 4 rings (SSSR count). The minimum atomic E-state index is -0.213. The fourth-order valence-corrected chi connectivity index (χ4v) is 4.20. The summed E-state index contributed by atoms with van der Waals surface area (Å²) in [4.78, 5) is 17.2. The van der Waals surface area contributed by atoms with Crippen LogP contribution in [0.1, 0.15) is 5.56 Å². The first-order valence-corrected chi connectivity index (χ1v) is 10.6. The average molecular weight is 451 g/mol. The number of hydrogen-bond acceptors (Lipinski definition) is 7. The Morgan fingerprint density at radius 1 is 0.906 bits per heavy atom. The second-order valence-corrected chi connectivity index (χ2v) is 7.81. The molecule has 0 aliphatic rings. The molecule has 8 heteroatoms. The van der Waals surface area contributed by atoms with Gasteiger partial charge in [0, 0.05) is 11.6 Å². The number of rotatable bonds is 8.